The smallest absolute Gasteiger partial charge is 0.337 e. The topological polar surface area (TPSA) is 96.2 Å². The first-order chi connectivity index (χ1) is 8.51. The third-order valence-electron chi connectivity index (χ3n) is 2.37. The molecule has 1 rings (SSSR count). The largest absolute Gasteiger partial charge is 0.504 e. The molecule has 0 amide bonds. The Balaban J connectivity index is 2.95. The zero-order valence-electron chi connectivity index (χ0n) is 10.2. The molecule has 0 saturated heterocycles. The van der Waals surface area contributed by atoms with Gasteiger partial charge < -0.3 is 24.8 Å². The predicted octanol–water partition coefficient (Wildman–Crippen LogP) is 0.358. The van der Waals surface area contributed by atoms with Gasteiger partial charge in [0, 0.05) is 0 Å². The lowest BCUT2D eigenvalue weighted by Crippen LogP contribution is -2.29. The molecule has 0 saturated carbocycles. The molecule has 0 bridgehead atoms. The number of phenolic OH excluding ortho intramolecular Hbond substituents is 1. The van der Waals surface area contributed by atoms with Gasteiger partial charge in [0.2, 0.25) is 0 Å². The Morgan fingerprint density at radius 2 is 2.06 bits per heavy atom. The molecule has 0 spiro atoms. The molecule has 0 aromatic heterocycles. The van der Waals surface area contributed by atoms with Crippen LogP contribution in [-0.2, 0) is 9.53 Å². The van der Waals surface area contributed by atoms with Crippen molar-refractivity contribution in [1.82, 2.24) is 0 Å². The molecule has 100 valence electrons. The van der Waals surface area contributed by atoms with Gasteiger partial charge in [0.1, 0.15) is 6.10 Å². The molecule has 0 radical (unpaired) electrons. The van der Waals surface area contributed by atoms with Crippen LogP contribution >= 0.6 is 0 Å². The second-order valence-electron chi connectivity index (χ2n) is 3.57. The van der Waals surface area contributed by atoms with Crippen LogP contribution < -0.4 is 4.74 Å². The Hall–Kier alpha value is -1.79. The third kappa shape index (κ3) is 3.12. The summed E-state index contributed by atoms with van der Waals surface area (Å²) >= 11 is 0. The van der Waals surface area contributed by atoms with E-state index in [1.54, 1.807) is 6.92 Å². The second kappa shape index (κ2) is 6.23. The van der Waals surface area contributed by atoms with E-state index < -0.39 is 18.2 Å². The number of esters is 1. The van der Waals surface area contributed by atoms with Crippen molar-refractivity contribution in [2.24, 2.45) is 0 Å². The van der Waals surface area contributed by atoms with Crippen molar-refractivity contribution in [1.29, 1.82) is 0 Å². The number of aromatic hydroxyl groups is 1. The van der Waals surface area contributed by atoms with Gasteiger partial charge in [0.05, 0.1) is 13.7 Å². The number of benzene rings is 1. The van der Waals surface area contributed by atoms with Crippen LogP contribution in [0.4, 0.5) is 0 Å². The highest BCUT2D eigenvalue weighted by Gasteiger charge is 2.27. The van der Waals surface area contributed by atoms with E-state index in [2.05, 4.69) is 4.74 Å². The summed E-state index contributed by atoms with van der Waals surface area (Å²) < 4.78 is 9.46. The van der Waals surface area contributed by atoms with Crippen LogP contribution in [-0.4, -0.2) is 41.1 Å². The number of methoxy groups -OCH3 is 1. The van der Waals surface area contributed by atoms with Crippen LogP contribution in [0.5, 0.6) is 11.5 Å². The molecule has 2 atom stereocenters. The number of phenols is 1. The minimum absolute atomic E-state index is 0.0830. The summed E-state index contributed by atoms with van der Waals surface area (Å²) in [7, 11) is 1.11. The van der Waals surface area contributed by atoms with Crippen molar-refractivity contribution in [2.75, 3.05) is 13.7 Å². The van der Waals surface area contributed by atoms with E-state index in [0.717, 1.165) is 7.11 Å². The monoisotopic (exact) mass is 256 g/mol. The fourth-order valence-electron chi connectivity index (χ4n) is 1.42. The Kier molecular flexibility index (Phi) is 4.94. The van der Waals surface area contributed by atoms with Gasteiger partial charge in [-0.1, -0.05) is 6.07 Å². The Morgan fingerprint density at radius 3 is 2.61 bits per heavy atom. The van der Waals surface area contributed by atoms with Crippen LogP contribution in [0, 0.1) is 0 Å². The summed E-state index contributed by atoms with van der Waals surface area (Å²) in [5, 5.41) is 28.8. The molecule has 6 heteroatoms. The van der Waals surface area contributed by atoms with E-state index in [9.17, 15) is 20.1 Å². The van der Waals surface area contributed by atoms with Crippen LogP contribution in [0.15, 0.2) is 18.2 Å². The van der Waals surface area contributed by atoms with Crippen molar-refractivity contribution in [3.05, 3.63) is 23.8 Å². The molecule has 1 aromatic carbocycles. The number of carbonyl (C=O) groups is 1. The van der Waals surface area contributed by atoms with Crippen LogP contribution in [0.1, 0.15) is 18.6 Å². The summed E-state index contributed by atoms with van der Waals surface area (Å²) in [4.78, 5) is 11.1. The SMILES string of the molecule is CCOc1cc(C(O)C(O)C(=O)OC)ccc1O. The zero-order chi connectivity index (χ0) is 13.7. The van der Waals surface area contributed by atoms with E-state index in [1.807, 2.05) is 0 Å². The van der Waals surface area contributed by atoms with E-state index >= 15 is 0 Å². The number of ether oxygens (including phenoxy) is 2. The number of hydrogen-bond acceptors (Lipinski definition) is 6. The molecular formula is C12H16O6. The Morgan fingerprint density at radius 1 is 1.39 bits per heavy atom. The summed E-state index contributed by atoms with van der Waals surface area (Å²) in [6, 6.07) is 4.05. The quantitative estimate of drug-likeness (QED) is 0.658. The van der Waals surface area contributed by atoms with Crippen LogP contribution in [0.25, 0.3) is 0 Å². The lowest BCUT2D eigenvalue weighted by molar-refractivity contribution is -0.156. The van der Waals surface area contributed by atoms with Crippen LogP contribution in [0.3, 0.4) is 0 Å². The summed E-state index contributed by atoms with van der Waals surface area (Å²) in [5.41, 5.74) is 0.245. The second-order valence-corrected chi connectivity index (χ2v) is 3.57. The number of carbonyl (C=O) groups excluding carboxylic acids is 1. The van der Waals surface area contributed by atoms with E-state index in [4.69, 9.17) is 4.74 Å². The number of aliphatic hydroxyl groups excluding tert-OH is 2. The van der Waals surface area contributed by atoms with E-state index in [0.29, 0.717) is 6.61 Å². The maximum Gasteiger partial charge on any atom is 0.337 e. The fourth-order valence-corrected chi connectivity index (χ4v) is 1.42. The highest BCUT2D eigenvalue weighted by molar-refractivity contribution is 5.75. The molecule has 0 aliphatic carbocycles. The first kappa shape index (κ1) is 14.3. The van der Waals surface area contributed by atoms with E-state index in [-0.39, 0.29) is 17.1 Å². The molecule has 3 N–H and O–H groups in total. The Bertz CT molecular complexity index is 417. The molecule has 0 aliphatic heterocycles. The predicted molar refractivity (Wildman–Crippen MR) is 62.3 cm³/mol. The number of aliphatic hydroxyl groups is 2. The van der Waals surface area contributed by atoms with E-state index in [1.165, 1.54) is 18.2 Å². The molecular weight excluding hydrogens is 240 g/mol. The van der Waals surface area contributed by atoms with Gasteiger partial charge in [0.25, 0.3) is 0 Å². The van der Waals surface area contributed by atoms with Gasteiger partial charge in [-0.2, -0.15) is 0 Å². The minimum atomic E-state index is -1.69. The highest BCUT2D eigenvalue weighted by Crippen LogP contribution is 2.30. The first-order valence-electron chi connectivity index (χ1n) is 5.41. The fraction of sp³-hybridized carbons (Fsp3) is 0.417. The van der Waals surface area contributed by atoms with Gasteiger partial charge in [-0.3, -0.25) is 0 Å². The maximum atomic E-state index is 11.1. The molecule has 0 heterocycles. The van der Waals surface area contributed by atoms with Crippen molar-refractivity contribution in [2.45, 2.75) is 19.1 Å². The summed E-state index contributed by atoms with van der Waals surface area (Å²) in [6.45, 7) is 2.08. The highest BCUT2D eigenvalue weighted by atomic mass is 16.5. The maximum absolute atomic E-state index is 11.1. The van der Waals surface area contributed by atoms with Gasteiger partial charge in [-0.05, 0) is 24.6 Å². The molecule has 0 aliphatic rings. The van der Waals surface area contributed by atoms with Crippen LogP contribution in [0.2, 0.25) is 0 Å². The standard InChI is InChI=1S/C12H16O6/c1-3-18-9-6-7(4-5-8(9)13)10(14)11(15)12(16)17-2/h4-6,10-11,13-15H,3H2,1-2H3. The normalized spacial score (nSPS) is 13.8. The molecule has 18 heavy (non-hydrogen) atoms. The third-order valence-corrected chi connectivity index (χ3v) is 2.37. The van der Waals surface area contributed by atoms with Gasteiger partial charge >= 0.3 is 5.97 Å². The number of rotatable bonds is 5. The average Bonchev–Trinajstić information content (AvgIpc) is 2.39. The Labute approximate surface area is 104 Å². The zero-order valence-corrected chi connectivity index (χ0v) is 10.2. The van der Waals surface area contributed by atoms with Crippen molar-refractivity contribution in [3.63, 3.8) is 0 Å². The molecule has 0 fully saturated rings. The molecule has 1 aromatic rings. The van der Waals surface area contributed by atoms with Crippen molar-refractivity contribution < 1.29 is 29.6 Å². The van der Waals surface area contributed by atoms with Gasteiger partial charge in [-0.25, -0.2) is 4.79 Å². The van der Waals surface area contributed by atoms with Crippen molar-refractivity contribution in [3.8, 4) is 11.5 Å². The summed E-state index contributed by atoms with van der Waals surface area (Å²) in [6.07, 6.45) is -3.13. The minimum Gasteiger partial charge on any atom is -0.504 e. The van der Waals surface area contributed by atoms with Gasteiger partial charge in [0.15, 0.2) is 17.6 Å². The first-order valence-corrected chi connectivity index (χ1v) is 5.41. The van der Waals surface area contributed by atoms with Gasteiger partial charge in [-0.15, -0.1) is 0 Å². The lowest BCUT2D eigenvalue weighted by atomic mass is 10.0. The lowest BCUT2D eigenvalue weighted by Gasteiger charge is -2.17. The molecule has 2 unspecified atom stereocenters. The number of hydrogen-bond donors (Lipinski definition) is 3. The summed E-state index contributed by atoms with van der Waals surface area (Å²) in [5.74, 6) is -0.847. The average molecular weight is 256 g/mol. The molecule has 6 nitrogen and oxygen atoms in total. The van der Waals surface area contributed by atoms with Crippen molar-refractivity contribution >= 4 is 5.97 Å².